The molecule has 0 spiro atoms. The van der Waals surface area contributed by atoms with Crippen LogP contribution >= 0.6 is 0 Å². The molecule has 3 nitrogen and oxygen atoms in total. The van der Waals surface area contributed by atoms with Gasteiger partial charge >= 0.3 is 0 Å². The van der Waals surface area contributed by atoms with Crippen LogP contribution in [0.15, 0.2) is 173 Å². The summed E-state index contributed by atoms with van der Waals surface area (Å²) in [7, 11) is 0. The molecule has 0 atom stereocenters. The minimum absolute atomic E-state index is 0.873. The van der Waals surface area contributed by atoms with Gasteiger partial charge in [0.05, 0.1) is 5.69 Å². The van der Waals surface area contributed by atoms with E-state index in [2.05, 4.69) is 144 Å². The first-order valence-corrected chi connectivity index (χ1v) is 16.7. The Morgan fingerprint density at radius 2 is 0.837 bits per heavy atom. The Bertz CT molecular complexity index is 3130. The number of hydrogen-bond acceptors (Lipinski definition) is 3. The summed E-state index contributed by atoms with van der Waals surface area (Å²) in [4.78, 5) is 2.38. The molecule has 0 bridgehead atoms. The Kier molecular flexibility index (Phi) is 5.38. The van der Waals surface area contributed by atoms with E-state index in [1.54, 1.807) is 0 Å². The van der Waals surface area contributed by atoms with Crippen molar-refractivity contribution >= 4 is 104 Å². The minimum atomic E-state index is 0.873. The third kappa shape index (κ3) is 3.90. The van der Waals surface area contributed by atoms with Gasteiger partial charge in [-0.1, -0.05) is 103 Å². The van der Waals surface area contributed by atoms with Crippen LogP contribution < -0.4 is 4.90 Å². The minimum Gasteiger partial charge on any atom is -0.456 e. The molecular weight excluding hydrogens is 599 g/mol. The monoisotopic (exact) mass is 625 g/mol. The van der Waals surface area contributed by atoms with Crippen molar-refractivity contribution in [3.05, 3.63) is 164 Å². The fraction of sp³-hybridized carbons (Fsp3) is 0. The van der Waals surface area contributed by atoms with E-state index < -0.39 is 0 Å². The van der Waals surface area contributed by atoms with Crippen LogP contribution in [0.1, 0.15) is 0 Å². The van der Waals surface area contributed by atoms with Gasteiger partial charge in [0, 0.05) is 44.4 Å². The number of nitrogens with zero attached hydrogens (tertiary/aromatic N) is 1. The van der Waals surface area contributed by atoms with E-state index in [1.807, 2.05) is 24.3 Å². The van der Waals surface area contributed by atoms with E-state index >= 15 is 0 Å². The number of anilines is 3. The van der Waals surface area contributed by atoms with Crippen molar-refractivity contribution < 1.29 is 8.83 Å². The fourth-order valence-electron chi connectivity index (χ4n) is 7.91. The molecule has 0 aliphatic carbocycles. The summed E-state index contributed by atoms with van der Waals surface area (Å²) in [5.74, 6) is 0. The van der Waals surface area contributed by atoms with Crippen molar-refractivity contribution in [2.75, 3.05) is 4.90 Å². The van der Waals surface area contributed by atoms with Crippen molar-refractivity contribution in [3.8, 4) is 0 Å². The van der Waals surface area contributed by atoms with Crippen LogP contribution in [0.2, 0.25) is 0 Å². The number of fused-ring (bicyclic) bond motifs is 12. The SMILES string of the molecule is c1ccc2c(c1)ccc1c(N(c3ccc4c(ccc5cc6oc7ccccc7c6cc54)c3)c3ccc4c(c3)oc3ccccc34)cccc12. The van der Waals surface area contributed by atoms with Gasteiger partial charge in [-0.3, -0.25) is 0 Å². The first-order chi connectivity index (χ1) is 24.3. The predicted molar refractivity (Wildman–Crippen MR) is 206 cm³/mol. The Morgan fingerprint density at radius 1 is 0.286 bits per heavy atom. The van der Waals surface area contributed by atoms with Gasteiger partial charge in [-0.25, -0.2) is 0 Å². The van der Waals surface area contributed by atoms with Gasteiger partial charge in [-0.05, 0) is 92.3 Å². The Balaban J connectivity index is 1.16. The van der Waals surface area contributed by atoms with Crippen LogP contribution in [0.5, 0.6) is 0 Å². The summed E-state index contributed by atoms with van der Waals surface area (Å²) in [6.07, 6.45) is 0. The maximum Gasteiger partial charge on any atom is 0.137 e. The van der Waals surface area contributed by atoms with Gasteiger partial charge in [-0.15, -0.1) is 0 Å². The molecule has 3 heteroatoms. The third-order valence-electron chi connectivity index (χ3n) is 10.2. The van der Waals surface area contributed by atoms with E-state index in [1.165, 1.54) is 43.1 Å². The topological polar surface area (TPSA) is 29.5 Å². The van der Waals surface area contributed by atoms with Gasteiger partial charge in [0.2, 0.25) is 0 Å². The highest BCUT2D eigenvalue weighted by Crippen LogP contribution is 2.44. The fourth-order valence-corrected chi connectivity index (χ4v) is 7.91. The molecule has 0 aliphatic heterocycles. The van der Waals surface area contributed by atoms with E-state index in [-0.39, 0.29) is 0 Å². The van der Waals surface area contributed by atoms with Crippen molar-refractivity contribution in [2.24, 2.45) is 0 Å². The van der Waals surface area contributed by atoms with Crippen molar-refractivity contribution in [1.29, 1.82) is 0 Å². The highest BCUT2D eigenvalue weighted by Gasteiger charge is 2.19. The molecule has 0 unspecified atom stereocenters. The molecule has 0 aliphatic rings. The van der Waals surface area contributed by atoms with Crippen LogP contribution in [-0.4, -0.2) is 0 Å². The second-order valence-corrected chi connectivity index (χ2v) is 12.9. The molecule has 0 saturated carbocycles. The van der Waals surface area contributed by atoms with E-state index in [0.29, 0.717) is 0 Å². The zero-order valence-electron chi connectivity index (χ0n) is 26.4. The molecule has 2 heterocycles. The van der Waals surface area contributed by atoms with Crippen molar-refractivity contribution in [1.82, 2.24) is 0 Å². The van der Waals surface area contributed by atoms with Crippen molar-refractivity contribution in [3.63, 3.8) is 0 Å². The molecule has 0 fully saturated rings. The van der Waals surface area contributed by atoms with E-state index in [9.17, 15) is 0 Å². The molecule has 2 aromatic heterocycles. The summed E-state index contributed by atoms with van der Waals surface area (Å²) in [6.45, 7) is 0. The first-order valence-electron chi connectivity index (χ1n) is 16.7. The van der Waals surface area contributed by atoms with Crippen LogP contribution in [0, 0.1) is 0 Å². The number of benzene rings is 9. The smallest absolute Gasteiger partial charge is 0.137 e. The number of furan rings is 2. The lowest BCUT2D eigenvalue weighted by Crippen LogP contribution is -2.10. The maximum atomic E-state index is 6.40. The molecule has 0 saturated heterocycles. The lowest BCUT2D eigenvalue weighted by atomic mass is 9.98. The largest absolute Gasteiger partial charge is 0.456 e. The standard InChI is InChI=1S/C46H27NO2/c1-2-9-33-28(8-1)18-21-36-35(33)12-7-13-42(36)47(32-20-23-39-37-10-3-5-14-43(37)49-46(39)26-32)31-19-22-34-29(24-31)16-17-30-25-45-41(27-40(30)34)38-11-4-6-15-44(38)48-45/h1-27H. The molecule has 9 aromatic carbocycles. The summed E-state index contributed by atoms with van der Waals surface area (Å²) < 4.78 is 12.6. The van der Waals surface area contributed by atoms with Crippen LogP contribution in [-0.2, 0) is 0 Å². The average molecular weight is 626 g/mol. The number of rotatable bonds is 3. The second-order valence-electron chi connectivity index (χ2n) is 12.9. The molecule has 0 amide bonds. The Hall–Kier alpha value is -6.58. The second kappa shape index (κ2) is 9.96. The summed E-state index contributed by atoms with van der Waals surface area (Å²) >= 11 is 0. The molecule has 0 N–H and O–H groups in total. The van der Waals surface area contributed by atoms with E-state index in [4.69, 9.17) is 8.83 Å². The van der Waals surface area contributed by atoms with Crippen LogP contribution in [0.3, 0.4) is 0 Å². The van der Waals surface area contributed by atoms with Gasteiger partial charge < -0.3 is 13.7 Å². The molecule has 49 heavy (non-hydrogen) atoms. The zero-order valence-corrected chi connectivity index (χ0v) is 26.4. The normalized spacial score (nSPS) is 12.1. The Morgan fingerprint density at radius 3 is 1.65 bits per heavy atom. The summed E-state index contributed by atoms with van der Waals surface area (Å²) in [6, 6.07) is 58.6. The molecule has 228 valence electrons. The summed E-state index contributed by atoms with van der Waals surface area (Å²) in [5.41, 5.74) is 6.84. The van der Waals surface area contributed by atoms with Crippen molar-refractivity contribution in [2.45, 2.75) is 0 Å². The highest BCUT2D eigenvalue weighted by atomic mass is 16.3. The zero-order chi connectivity index (χ0) is 32.1. The average Bonchev–Trinajstić information content (AvgIpc) is 3.71. The molecular formula is C46H27NO2. The molecule has 0 radical (unpaired) electrons. The van der Waals surface area contributed by atoms with Crippen LogP contribution in [0.25, 0.3) is 87.0 Å². The Labute approximate surface area is 280 Å². The quantitative estimate of drug-likeness (QED) is 0.183. The highest BCUT2D eigenvalue weighted by molar-refractivity contribution is 6.18. The van der Waals surface area contributed by atoms with Gasteiger partial charge in [0.15, 0.2) is 0 Å². The van der Waals surface area contributed by atoms with Gasteiger partial charge in [0.25, 0.3) is 0 Å². The predicted octanol–water partition coefficient (Wildman–Crippen LogP) is 13.6. The first kappa shape index (κ1) is 26.5. The molecule has 11 aromatic rings. The van der Waals surface area contributed by atoms with Gasteiger partial charge in [-0.2, -0.15) is 0 Å². The lowest BCUT2D eigenvalue weighted by molar-refractivity contribution is 0.669. The van der Waals surface area contributed by atoms with Gasteiger partial charge in [0.1, 0.15) is 22.3 Å². The lowest BCUT2D eigenvalue weighted by Gasteiger charge is -2.27. The maximum absolute atomic E-state index is 6.40. The molecule has 11 rings (SSSR count). The van der Waals surface area contributed by atoms with E-state index in [0.717, 1.165) is 60.9 Å². The number of hydrogen-bond donors (Lipinski definition) is 0. The third-order valence-corrected chi connectivity index (χ3v) is 10.2. The summed E-state index contributed by atoms with van der Waals surface area (Å²) in [5, 5.41) is 14.2. The number of para-hydroxylation sites is 2. The van der Waals surface area contributed by atoms with Crippen LogP contribution in [0.4, 0.5) is 17.1 Å².